The normalized spacial score (nSPS) is 11.2. The van der Waals surface area contributed by atoms with E-state index >= 15 is 0 Å². The molecule has 0 aliphatic rings. The van der Waals surface area contributed by atoms with Gasteiger partial charge in [0.2, 0.25) is 5.95 Å². The lowest BCUT2D eigenvalue weighted by Crippen LogP contribution is -2.27. The first kappa shape index (κ1) is 25.4. The largest absolute Gasteiger partial charge is 0.492 e. The van der Waals surface area contributed by atoms with E-state index in [-0.39, 0.29) is 17.3 Å². The molecule has 4 aromatic rings. The molecule has 0 unspecified atom stereocenters. The number of hydrogen-bond donors (Lipinski definition) is 3. The molecule has 0 radical (unpaired) electrons. The Bertz CT molecular complexity index is 1410. The van der Waals surface area contributed by atoms with Crippen LogP contribution < -0.4 is 15.8 Å². The van der Waals surface area contributed by atoms with Gasteiger partial charge in [-0.15, -0.1) is 0 Å². The Morgan fingerprint density at radius 1 is 1.19 bits per heavy atom. The third-order valence-corrected chi connectivity index (χ3v) is 6.40. The highest BCUT2D eigenvalue weighted by molar-refractivity contribution is 9.10. The van der Waals surface area contributed by atoms with Gasteiger partial charge in [0.15, 0.2) is 5.69 Å². The number of likely N-dealkylation sites (N-methyl/N-ethyl adjacent to an activating group) is 1. The van der Waals surface area contributed by atoms with Crippen LogP contribution in [0.2, 0.25) is 0 Å². The van der Waals surface area contributed by atoms with Gasteiger partial charge in [-0.05, 0) is 49.8 Å². The molecule has 36 heavy (non-hydrogen) atoms. The summed E-state index contributed by atoms with van der Waals surface area (Å²) in [6, 6.07) is 11.1. The van der Waals surface area contributed by atoms with E-state index in [0.29, 0.717) is 29.1 Å². The number of carbonyl (C=O) groups is 2. The lowest BCUT2D eigenvalue weighted by Gasteiger charge is -2.17. The fourth-order valence-electron chi connectivity index (χ4n) is 3.91. The number of benzene rings is 2. The van der Waals surface area contributed by atoms with Crippen LogP contribution in [0.15, 0.2) is 47.2 Å². The predicted octanol–water partition coefficient (Wildman–Crippen LogP) is 3.89. The third-order valence-electron chi connectivity index (χ3n) is 5.90. The number of imidazole rings is 2. The number of hydrogen-bond acceptors (Lipinski definition) is 6. The van der Waals surface area contributed by atoms with Crippen molar-refractivity contribution < 1.29 is 14.3 Å². The van der Waals surface area contributed by atoms with Crippen LogP contribution in [0.4, 0.5) is 5.95 Å². The number of anilines is 1. The first-order valence-electron chi connectivity index (χ1n) is 11.6. The topological polar surface area (TPSA) is 131 Å². The molecule has 0 fully saturated rings. The SMILES string of the molecule is CCN(CC)CCOc1ccc2nc(NC(=O)c3c(C(N)=O)ncn3-c3cc(Br)ccc3C)[nH]c2c1. The quantitative estimate of drug-likeness (QED) is 0.273. The zero-order chi connectivity index (χ0) is 25.8. The third kappa shape index (κ3) is 5.42. The van der Waals surface area contributed by atoms with Crippen molar-refractivity contribution in [2.45, 2.75) is 20.8 Å². The first-order chi connectivity index (χ1) is 17.3. The van der Waals surface area contributed by atoms with E-state index in [2.05, 4.69) is 54.9 Å². The summed E-state index contributed by atoms with van der Waals surface area (Å²) in [5.41, 5.74) is 8.34. The van der Waals surface area contributed by atoms with Crippen LogP contribution in [0, 0.1) is 6.92 Å². The van der Waals surface area contributed by atoms with Crippen molar-refractivity contribution in [3.63, 3.8) is 0 Å². The van der Waals surface area contributed by atoms with E-state index in [1.807, 2.05) is 43.3 Å². The van der Waals surface area contributed by atoms with Gasteiger partial charge in [0, 0.05) is 17.1 Å². The molecule has 11 heteroatoms. The van der Waals surface area contributed by atoms with E-state index in [0.717, 1.165) is 29.7 Å². The minimum absolute atomic E-state index is 0.0181. The standard InChI is InChI=1S/C25H28BrN7O3/c1-4-32(5-2)10-11-36-17-8-9-18-19(13-17)30-25(29-18)31-24(35)22-21(23(27)34)28-14-33(22)20-12-16(26)7-6-15(20)3/h6-9,12-14H,4-5,10-11H2,1-3H3,(H2,27,34)(H2,29,30,31,35). The van der Waals surface area contributed by atoms with Crippen molar-refractivity contribution >= 4 is 44.7 Å². The first-order valence-corrected chi connectivity index (χ1v) is 12.4. The number of aromatic amines is 1. The van der Waals surface area contributed by atoms with Gasteiger partial charge < -0.3 is 20.4 Å². The van der Waals surface area contributed by atoms with Gasteiger partial charge in [0.1, 0.15) is 24.4 Å². The summed E-state index contributed by atoms with van der Waals surface area (Å²) in [5.74, 6) is -0.446. The van der Waals surface area contributed by atoms with E-state index in [1.54, 1.807) is 4.57 Å². The lowest BCUT2D eigenvalue weighted by atomic mass is 10.2. The van der Waals surface area contributed by atoms with Crippen LogP contribution in [0.1, 0.15) is 40.4 Å². The second kappa shape index (κ2) is 10.9. The Morgan fingerprint density at radius 2 is 1.97 bits per heavy atom. The van der Waals surface area contributed by atoms with Crippen LogP contribution in [-0.2, 0) is 0 Å². The highest BCUT2D eigenvalue weighted by Crippen LogP contribution is 2.24. The smallest absolute Gasteiger partial charge is 0.277 e. The molecule has 0 saturated carbocycles. The maximum absolute atomic E-state index is 13.3. The summed E-state index contributed by atoms with van der Waals surface area (Å²) < 4.78 is 8.24. The maximum atomic E-state index is 13.3. The molecule has 0 aliphatic heterocycles. The van der Waals surface area contributed by atoms with E-state index in [4.69, 9.17) is 10.5 Å². The highest BCUT2D eigenvalue weighted by Gasteiger charge is 2.25. The van der Waals surface area contributed by atoms with Crippen LogP contribution in [0.25, 0.3) is 16.7 Å². The van der Waals surface area contributed by atoms with Gasteiger partial charge in [0.25, 0.3) is 11.8 Å². The van der Waals surface area contributed by atoms with Gasteiger partial charge in [-0.2, -0.15) is 0 Å². The van der Waals surface area contributed by atoms with E-state index < -0.39 is 11.8 Å². The monoisotopic (exact) mass is 553 g/mol. The number of rotatable bonds is 10. The molecule has 2 aromatic carbocycles. The fraction of sp³-hybridized carbons (Fsp3) is 0.280. The van der Waals surface area contributed by atoms with Crippen molar-refractivity contribution in [3.05, 3.63) is 64.1 Å². The zero-order valence-electron chi connectivity index (χ0n) is 20.3. The molecule has 10 nitrogen and oxygen atoms in total. The van der Waals surface area contributed by atoms with Crippen molar-refractivity contribution in [3.8, 4) is 11.4 Å². The van der Waals surface area contributed by atoms with Crippen LogP contribution in [0.3, 0.4) is 0 Å². The number of H-pyrrole nitrogens is 1. The Kier molecular flexibility index (Phi) is 7.70. The predicted molar refractivity (Wildman–Crippen MR) is 142 cm³/mol. The fourth-order valence-corrected chi connectivity index (χ4v) is 4.26. The number of carbonyl (C=O) groups excluding carboxylic acids is 2. The number of aryl methyl sites for hydroxylation is 1. The number of fused-ring (bicyclic) bond motifs is 1. The summed E-state index contributed by atoms with van der Waals surface area (Å²) in [7, 11) is 0. The van der Waals surface area contributed by atoms with Crippen LogP contribution in [0.5, 0.6) is 5.75 Å². The van der Waals surface area contributed by atoms with E-state index in [9.17, 15) is 9.59 Å². The molecule has 4 N–H and O–H groups in total. The van der Waals surface area contributed by atoms with Crippen molar-refractivity contribution in [2.24, 2.45) is 5.73 Å². The van der Waals surface area contributed by atoms with Gasteiger partial charge in [-0.25, -0.2) is 9.97 Å². The lowest BCUT2D eigenvalue weighted by molar-refractivity contribution is 0.0970. The highest BCUT2D eigenvalue weighted by atomic mass is 79.9. The number of nitrogens with two attached hydrogens (primary N) is 1. The molecule has 4 rings (SSSR count). The Labute approximate surface area is 217 Å². The van der Waals surface area contributed by atoms with Crippen molar-refractivity contribution in [2.75, 3.05) is 31.6 Å². The molecular formula is C25H28BrN7O3. The minimum atomic E-state index is -0.803. The molecular weight excluding hydrogens is 526 g/mol. The molecule has 2 aromatic heterocycles. The van der Waals surface area contributed by atoms with Gasteiger partial charge in [-0.3, -0.25) is 19.5 Å². The second-order valence-electron chi connectivity index (χ2n) is 8.20. The van der Waals surface area contributed by atoms with Crippen LogP contribution >= 0.6 is 15.9 Å². The Morgan fingerprint density at radius 3 is 2.69 bits per heavy atom. The Hall–Kier alpha value is -3.70. The molecule has 0 bridgehead atoms. The van der Waals surface area contributed by atoms with E-state index in [1.165, 1.54) is 6.33 Å². The molecule has 0 atom stereocenters. The summed E-state index contributed by atoms with van der Waals surface area (Å²) in [6.45, 7) is 9.49. The minimum Gasteiger partial charge on any atom is -0.492 e. The number of nitrogens with zero attached hydrogens (tertiary/aromatic N) is 4. The molecule has 0 saturated heterocycles. The number of nitrogens with one attached hydrogen (secondary N) is 2. The Balaban J connectivity index is 1.57. The number of aromatic nitrogens is 4. The number of ether oxygens (including phenoxy) is 1. The molecule has 2 heterocycles. The zero-order valence-corrected chi connectivity index (χ0v) is 21.9. The molecule has 188 valence electrons. The summed E-state index contributed by atoms with van der Waals surface area (Å²) >= 11 is 3.45. The van der Waals surface area contributed by atoms with Gasteiger partial charge in [0.05, 0.1) is 16.7 Å². The summed E-state index contributed by atoms with van der Waals surface area (Å²) in [4.78, 5) is 39.3. The summed E-state index contributed by atoms with van der Waals surface area (Å²) in [5, 5.41) is 2.73. The molecule has 0 aliphatic carbocycles. The maximum Gasteiger partial charge on any atom is 0.277 e. The molecule has 0 spiro atoms. The van der Waals surface area contributed by atoms with Gasteiger partial charge >= 0.3 is 0 Å². The second-order valence-corrected chi connectivity index (χ2v) is 9.12. The van der Waals surface area contributed by atoms with Crippen molar-refractivity contribution in [1.29, 1.82) is 0 Å². The number of amides is 2. The van der Waals surface area contributed by atoms with Crippen molar-refractivity contribution in [1.82, 2.24) is 24.4 Å². The average molecular weight is 554 g/mol. The van der Waals surface area contributed by atoms with Crippen LogP contribution in [-0.4, -0.2) is 62.5 Å². The summed E-state index contributed by atoms with van der Waals surface area (Å²) in [6.07, 6.45) is 1.41. The number of primary amides is 1. The number of halogens is 1. The average Bonchev–Trinajstić information content (AvgIpc) is 3.47. The van der Waals surface area contributed by atoms with Gasteiger partial charge in [-0.1, -0.05) is 35.8 Å². The molecule has 2 amide bonds.